The summed E-state index contributed by atoms with van der Waals surface area (Å²) in [5.41, 5.74) is 6.59. The topological polar surface area (TPSA) is 64.7 Å². The molecule has 0 saturated heterocycles. The van der Waals surface area contributed by atoms with Gasteiger partial charge in [0.15, 0.2) is 0 Å². The molecule has 7 heteroatoms. The normalized spacial score (nSPS) is 12.2. The quantitative estimate of drug-likeness (QED) is 0.642. The van der Waals surface area contributed by atoms with Crippen molar-refractivity contribution in [3.8, 4) is 0 Å². The summed E-state index contributed by atoms with van der Waals surface area (Å²) in [7, 11) is 0. The van der Waals surface area contributed by atoms with Crippen LogP contribution in [0.3, 0.4) is 0 Å². The van der Waals surface area contributed by atoms with Gasteiger partial charge in [0.25, 0.3) is 0 Å². The summed E-state index contributed by atoms with van der Waals surface area (Å²) >= 11 is 6.22. The van der Waals surface area contributed by atoms with Crippen molar-refractivity contribution < 1.29 is 4.79 Å². The molecule has 2 heterocycles. The highest BCUT2D eigenvalue weighted by Gasteiger charge is 2.20. The van der Waals surface area contributed by atoms with E-state index in [0.29, 0.717) is 18.1 Å². The number of hydrogen-bond acceptors (Lipinski definition) is 3. The maximum absolute atomic E-state index is 12.8. The highest BCUT2D eigenvalue weighted by molar-refractivity contribution is 6.31. The van der Waals surface area contributed by atoms with Crippen LogP contribution < -0.4 is 5.32 Å². The van der Waals surface area contributed by atoms with Gasteiger partial charge in [0.1, 0.15) is 0 Å². The minimum Gasteiger partial charge on any atom is -0.323 e. The van der Waals surface area contributed by atoms with Crippen LogP contribution in [-0.2, 0) is 17.9 Å². The van der Waals surface area contributed by atoms with Gasteiger partial charge in [-0.1, -0.05) is 48.4 Å². The van der Waals surface area contributed by atoms with Crippen LogP contribution >= 0.6 is 11.6 Å². The van der Waals surface area contributed by atoms with Crippen molar-refractivity contribution in [1.29, 1.82) is 0 Å². The zero-order valence-electron chi connectivity index (χ0n) is 17.9. The van der Waals surface area contributed by atoms with Gasteiger partial charge >= 0.3 is 0 Å². The fourth-order valence-corrected chi connectivity index (χ4v) is 3.48. The van der Waals surface area contributed by atoms with Crippen LogP contribution in [0, 0.1) is 40.5 Å². The van der Waals surface area contributed by atoms with Gasteiger partial charge < -0.3 is 5.32 Å². The number of hydrogen-bond donors (Lipinski definition) is 1. The van der Waals surface area contributed by atoms with Crippen molar-refractivity contribution in [3.05, 3.63) is 63.2 Å². The maximum atomic E-state index is 12.8. The van der Waals surface area contributed by atoms with Crippen molar-refractivity contribution >= 4 is 23.2 Å². The number of rotatable bonds is 6. The molecule has 0 aliphatic rings. The SMILES string of the molecule is Cc1ccc(Cn2nc(C)c(NC(=O)C(C)Cn3nc(C)c(Cl)c3C)c2C)cc1. The fourth-order valence-electron chi connectivity index (χ4n) is 3.34. The van der Waals surface area contributed by atoms with Crippen molar-refractivity contribution in [2.45, 2.75) is 54.6 Å². The van der Waals surface area contributed by atoms with E-state index < -0.39 is 0 Å². The second kappa shape index (κ2) is 8.41. The van der Waals surface area contributed by atoms with Crippen LogP contribution in [0.2, 0.25) is 5.02 Å². The van der Waals surface area contributed by atoms with E-state index in [4.69, 9.17) is 11.6 Å². The van der Waals surface area contributed by atoms with E-state index in [1.807, 2.05) is 39.3 Å². The second-order valence-electron chi connectivity index (χ2n) is 7.75. The average molecular weight is 414 g/mol. The Morgan fingerprint density at radius 3 is 2.21 bits per heavy atom. The molecule has 3 rings (SSSR count). The van der Waals surface area contributed by atoms with Crippen LogP contribution in [-0.4, -0.2) is 25.5 Å². The van der Waals surface area contributed by atoms with Crippen molar-refractivity contribution in [1.82, 2.24) is 19.6 Å². The summed E-state index contributed by atoms with van der Waals surface area (Å²) in [6.07, 6.45) is 0. The number of aryl methyl sites for hydroxylation is 3. The van der Waals surface area contributed by atoms with Crippen molar-refractivity contribution in [2.24, 2.45) is 5.92 Å². The minimum atomic E-state index is -0.261. The number of nitrogens with zero attached hydrogens (tertiary/aromatic N) is 4. The highest BCUT2D eigenvalue weighted by atomic mass is 35.5. The van der Waals surface area contributed by atoms with E-state index in [1.54, 1.807) is 4.68 Å². The van der Waals surface area contributed by atoms with Gasteiger partial charge in [0.2, 0.25) is 5.91 Å². The van der Waals surface area contributed by atoms with Crippen molar-refractivity contribution in [2.75, 3.05) is 5.32 Å². The van der Waals surface area contributed by atoms with E-state index in [9.17, 15) is 4.79 Å². The number of carbonyl (C=O) groups excluding carboxylic acids is 1. The Bertz CT molecular complexity index is 1030. The van der Waals surface area contributed by atoms with E-state index in [-0.39, 0.29) is 11.8 Å². The smallest absolute Gasteiger partial charge is 0.229 e. The third-order valence-electron chi connectivity index (χ3n) is 5.27. The lowest BCUT2D eigenvalue weighted by atomic mass is 10.1. The summed E-state index contributed by atoms with van der Waals surface area (Å²) < 4.78 is 3.73. The van der Waals surface area contributed by atoms with E-state index in [1.165, 1.54) is 11.1 Å². The monoisotopic (exact) mass is 413 g/mol. The number of benzene rings is 1. The van der Waals surface area contributed by atoms with Gasteiger partial charge in [-0.3, -0.25) is 14.2 Å². The Morgan fingerprint density at radius 1 is 1.00 bits per heavy atom. The van der Waals surface area contributed by atoms with Gasteiger partial charge in [-0.15, -0.1) is 0 Å². The molecule has 0 saturated carbocycles. The number of aromatic nitrogens is 4. The lowest BCUT2D eigenvalue weighted by molar-refractivity contribution is -0.119. The second-order valence-corrected chi connectivity index (χ2v) is 8.12. The molecule has 1 N–H and O–H groups in total. The number of anilines is 1. The zero-order valence-corrected chi connectivity index (χ0v) is 18.6. The number of amides is 1. The first-order valence-electron chi connectivity index (χ1n) is 9.77. The van der Waals surface area contributed by atoms with E-state index in [2.05, 4.69) is 46.7 Å². The van der Waals surface area contributed by atoms with Crippen molar-refractivity contribution in [3.63, 3.8) is 0 Å². The Kier molecular flexibility index (Phi) is 6.13. The summed E-state index contributed by atoms with van der Waals surface area (Å²) in [5.74, 6) is -0.321. The van der Waals surface area contributed by atoms with Gasteiger partial charge in [-0.05, 0) is 40.2 Å². The third-order valence-corrected chi connectivity index (χ3v) is 5.82. The highest BCUT2D eigenvalue weighted by Crippen LogP contribution is 2.23. The first-order valence-corrected chi connectivity index (χ1v) is 10.1. The number of halogens is 1. The lowest BCUT2D eigenvalue weighted by Crippen LogP contribution is -2.25. The summed E-state index contributed by atoms with van der Waals surface area (Å²) in [4.78, 5) is 12.8. The standard InChI is InChI=1S/C22H28ClN5O/c1-13-7-9-19(10-8-13)12-28-18(6)21(16(4)26-28)24-22(29)14(2)11-27-17(5)20(23)15(3)25-27/h7-10,14H,11-12H2,1-6H3,(H,24,29). The predicted molar refractivity (Wildman–Crippen MR) is 116 cm³/mol. The summed E-state index contributed by atoms with van der Waals surface area (Å²) in [6, 6.07) is 8.39. The molecule has 0 bridgehead atoms. The first kappa shape index (κ1) is 21.1. The molecule has 0 aliphatic heterocycles. The van der Waals surface area contributed by atoms with Crippen LogP contribution in [0.15, 0.2) is 24.3 Å². The molecule has 6 nitrogen and oxygen atoms in total. The Morgan fingerprint density at radius 2 is 1.62 bits per heavy atom. The molecular weight excluding hydrogens is 386 g/mol. The third kappa shape index (κ3) is 4.53. The van der Waals surface area contributed by atoms with Crippen LogP contribution in [0.1, 0.15) is 40.8 Å². The van der Waals surface area contributed by atoms with Gasteiger partial charge in [-0.2, -0.15) is 10.2 Å². The molecule has 1 amide bonds. The van der Waals surface area contributed by atoms with Crippen LogP contribution in [0.4, 0.5) is 5.69 Å². The molecule has 154 valence electrons. The molecule has 2 aromatic heterocycles. The molecule has 0 fully saturated rings. The van der Waals surface area contributed by atoms with Crippen LogP contribution in [0.5, 0.6) is 0 Å². The molecule has 0 aliphatic carbocycles. The first-order chi connectivity index (χ1) is 13.7. The largest absolute Gasteiger partial charge is 0.323 e. The van der Waals surface area contributed by atoms with E-state index >= 15 is 0 Å². The molecule has 3 aromatic rings. The zero-order chi connectivity index (χ0) is 21.3. The molecule has 1 atom stereocenters. The van der Waals surface area contributed by atoms with E-state index in [0.717, 1.165) is 28.5 Å². The maximum Gasteiger partial charge on any atom is 0.229 e. The lowest BCUT2D eigenvalue weighted by Gasteiger charge is -2.14. The van der Waals surface area contributed by atoms with Crippen LogP contribution in [0.25, 0.3) is 0 Å². The summed E-state index contributed by atoms with van der Waals surface area (Å²) in [6.45, 7) is 12.8. The van der Waals surface area contributed by atoms with Gasteiger partial charge in [-0.25, -0.2) is 0 Å². The Hall–Kier alpha value is -2.60. The average Bonchev–Trinajstić information content (AvgIpc) is 3.08. The molecular formula is C22H28ClN5O. The summed E-state index contributed by atoms with van der Waals surface area (Å²) in [5, 5.41) is 12.8. The van der Waals surface area contributed by atoms with Gasteiger partial charge in [0.05, 0.1) is 52.5 Å². The molecule has 0 spiro atoms. The Balaban J connectivity index is 1.72. The molecule has 1 unspecified atom stereocenters. The number of nitrogens with one attached hydrogen (secondary N) is 1. The minimum absolute atomic E-state index is 0.0604. The molecule has 29 heavy (non-hydrogen) atoms. The molecule has 0 radical (unpaired) electrons. The van der Waals surface area contributed by atoms with Gasteiger partial charge in [0, 0.05) is 0 Å². The predicted octanol–water partition coefficient (Wildman–Crippen LogP) is 4.60. The fraction of sp³-hybridized carbons (Fsp3) is 0.409. The number of carbonyl (C=O) groups is 1. The Labute approximate surface area is 176 Å². The molecule has 1 aromatic carbocycles.